The molecule has 1 aromatic heterocycles. The molecule has 1 aromatic carbocycles. The Morgan fingerprint density at radius 3 is 2.46 bits per heavy atom. The molecule has 150 valence electrons. The summed E-state index contributed by atoms with van der Waals surface area (Å²) in [5.41, 5.74) is 4.26. The van der Waals surface area contributed by atoms with E-state index in [0.29, 0.717) is 0 Å². The molecule has 2 heterocycles. The molecule has 0 aliphatic carbocycles. The Balaban J connectivity index is 1.67. The normalized spacial score (nSPS) is 14.9. The number of amides is 1. The van der Waals surface area contributed by atoms with Gasteiger partial charge in [-0.15, -0.1) is 0 Å². The SMILES string of the molecule is CCCCc1ccc(C(=O)N2CCCN(c3nc(C)nc(C)c3C)CC2)cc1. The number of unbranched alkanes of at least 4 members (excludes halogenated alkanes) is 1. The minimum absolute atomic E-state index is 0.135. The number of aryl methyl sites for hydroxylation is 3. The van der Waals surface area contributed by atoms with Crippen LogP contribution in [0.25, 0.3) is 0 Å². The second-order valence-electron chi connectivity index (χ2n) is 7.74. The Kier molecular flexibility index (Phi) is 6.65. The molecule has 2 aromatic rings. The van der Waals surface area contributed by atoms with E-state index in [2.05, 4.69) is 40.8 Å². The van der Waals surface area contributed by atoms with E-state index < -0.39 is 0 Å². The van der Waals surface area contributed by atoms with Gasteiger partial charge in [0, 0.05) is 43.0 Å². The molecule has 0 saturated carbocycles. The van der Waals surface area contributed by atoms with Crippen molar-refractivity contribution in [3.05, 3.63) is 52.5 Å². The highest BCUT2D eigenvalue weighted by Gasteiger charge is 2.22. The van der Waals surface area contributed by atoms with Crippen LogP contribution >= 0.6 is 0 Å². The zero-order chi connectivity index (χ0) is 20.1. The Morgan fingerprint density at radius 2 is 1.75 bits per heavy atom. The van der Waals surface area contributed by atoms with Crippen molar-refractivity contribution in [2.45, 2.75) is 53.4 Å². The van der Waals surface area contributed by atoms with Crippen LogP contribution in [-0.2, 0) is 6.42 Å². The lowest BCUT2D eigenvalue weighted by atomic mass is 10.1. The summed E-state index contributed by atoms with van der Waals surface area (Å²) >= 11 is 0. The molecular weight excluding hydrogens is 348 g/mol. The number of anilines is 1. The topological polar surface area (TPSA) is 49.3 Å². The maximum Gasteiger partial charge on any atom is 0.253 e. The molecule has 0 N–H and O–H groups in total. The predicted octanol–water partition coefficient (Wildman–Crippen LogP) is 4.10. The number of hydrogen-bond donors (Lipinski definition) is 0. The maximum absolute atomic E-state index is 13.0. The Morgan fingerprint density at radius 1 is 1.00 bits per heavy atom. The van der Waals surface area contributed by atoms with Crippen molar-refractivity contribution < 1.29 is 4.79 Å². The van der Waals surface area contributed by atoms with Gasteiger partial charge in [0.25, 0.3) is 5.91 Å². The minimum atomic E-state index is 0.135. The summed E-state index contributed by atoms with van der Waals surface area (Å²) in [6.45, 7) is 11.5. The highest BCUT2D eigenvalue weighted by Crippen LogP contribution is 2.21. The lowest BCUT2D eigenvalue weighted by Gasteiger charge is -2.25. The molecule has 1 saturated heterocycles. The van der Waals surface area contributed by atoms with Gasteiger partial charge < -0.3 is 9.80 Å². The van der Waals surface area contributed by atoms with Crippen molar-refractivity contribution in [1.29, 1.82) is 0 Å². The van der Waals surface area contributed by atoms with Gasteiger partial charge in [-0.2, -0.15) is 0 Å². The number of nitrogens with zero attached hydrogens (tertiary/aromatic N) is 4. The quantitative estimate of drug-likeness (QED) is 0.784. The zero-order valence-electron chi connectivity index (χ0n) is 17.7. The van der Waals surface area contributed by atoms with Crippen LogP contribution in [0.2, 0.25) is 0 Å². The van der Waals surface area contributed by atoms with E-state index in [4.69, 9.17) is 0 Å². The molecule has 3 rings (SSSR count). The summed E-state index contributed by atoms with van der Waals surface area (Å²) in [6.07, 6.45) is 4.41. The molecule has 0 radical (unpaired) electrons. The molecule has 1 aliphatic heterocycles. The standard InChI is InChI=1S/C23H32N4O/c1-5-6-8-20-9-11-21(12-10-20)23(28)27-14-7-13-26(15-16-27)22-17(2)18(3)24-19(4)25-22/h9-12H,5-8,13-16H2,1-4H3. The Bertz CT molecular complexity index is 816. The number of benzene rings is 1. The fourth-order valence-corrected chi connectivity index (χ4v) is 3.77. The summed E-state index contributed by atoms with van der Waals surface area (Å²) in [4.78, 5) is 26.4. The molecule has 0 unspecified atom stereocenters. The van der Waals surface area contributed by atoms with Gasteiger partial charge in [0.2, 0.25) is 0 Å². The van der Waals surface area contributed by atoms with Gasteiger partial charge in [0.15, 0.2) is 0 Å². The van der Waals surface area contributed by atoms with Crippen LogP contribution in [0.15, 0.2) is 24.3 Å². The van der Waals surface area contributed by atoms with Crippen LogP contribution in [-0.4, -0.2) is 47.0 Å². The highest BCUT2D eigenvalue weighted by atomic mass is 16.2. The van der Waals surface area contributed by atoms with Crippen LogP contribution in [0.5, 0.6) is 0 Å². The first-order chi connectivity index (χ1) is 13.5. The van der Waals surface area contributed by atoms with Crippen molar-refractivity contribution in [3.8, 4) is 0 Å². The van der Waals surface area contributed by atoms with Crippen molar-refractivity contribution in [2.24, 2.45) is 0 Å². The molecule has 1 fully saturated rings. The van der Waals surface area contributed by atoms with Gasteiger partial charge in [0.05, 0.1) is 0 Å². The van der Waals surface area contributed by atoms with Crippen molar-refractivity contribution >= 4 is 11.7 Å². The largest absolute Gasteiger partial charge is 0.354 e. The van der Waals surface area contributed by atoms with Gasteiger partial charge in [-0.25, -0.2) is 9.97 Å². The smallest absolute Gasteiger partial charge is 0.253 e. The van der Waals surface area contributed by atoms with Gasteiger partial charge in [-0.1, -0.05) is 25.5 Å². The molecule has 5 nitrogen and oxygen atoms in total. The van der Waals surface area contributed by atoms with Crippen LogP contribution < -0.4 is 4.90 Å². The average molecular weight is 381 g/mol. The fourth-order valence-electron chi connectivity index (χ4n) is 3.77. The van der Waals surface area contributed by atoms with Crippen molar-refractivity contribution in [3.63, 3.8) is 0 Å². The van der Waals surface area contributed by atoms with Gasteiger partial charge in [-0.05, 0) is 57.7 Å². The summed E-state index contributed by atoms with van der Waals surface area (Å²) in [7, 11) is 0. The second kappa shape index (κ2) is 9.18. The van der Waals surface area contributed by atoms with Crippen molar-refractivity contribution in [1.82, 2.24) is 14.9 Å². The lowest BCUT2D eigenvalue weighted by Crippen LogP contribution is -2.35. The molecule has 28 heavy (non-hydrogen) atoms. The number of rotatable bonds is 5. The maximum atomic E-state index is 13.0. The summed E-state index contributed by atoms with van der Waals surface area (Å²) in [5.74, 6) is 1.95. The average Bonchev–Trinajstić information content (AvgIpc) is 2.95. The van der Waals surface area contributed by atoms with E-state index in [1.54, 1.807) is 0 Å². The van der Waals surface area contributed by atoms with Gasteiger partial charge >= 0.3 is 0 Å². The van der Waals surface area contributed by atoms with E-state index in [9.17, 15) is 4.79 Å². The predicted molar refractivity (Wildman–Crippen MR) is 114 cm³/mol. The number of carbonyl (C=O) groups is 1. The van der Waals surface area contributed by atoms with E-state index in [1.807, 2.05) is 30.9 Å². The summed E-state index contributed by atoms with van der Waals surface area (Å²) in [6, 6.07) is 8.17. The summed E-state index contributed by atoms with van der Waals surface area (Å²) in [5, 5.41) is 0. The van der Waals surface area contributed by atoms with Crippen molar-refractivity contribution in [2.75, 3.05) is 31.1 Å². The Labute approximate surface area is 168 Å². The first-order valence-corrected chi connectivity index (χ1v) is 10.4. The third-order valence-electron chi connectivity index (χ3n) is 5.58. The van der Waals surface area contributed by atoms with E-state index >= 15 is 0 Å². The Hall–Kier alpha value is -2.43. The van der Waals surface area contributed by atoms with Gasteiger partial charge in [0.1, 0.15) is 11.6 Å². The highest BCUT2D eigenvalue weighted by molar-refractivity contribution is 5.94. The lowest BCUT2D eigenvalue weighted by molar-refractivity contribution is 0.0767. The zero-order valence-corrected chi connectivity index (χ0v) is 17.7. The molecule has 1 amide bonds. The van der Waals surface area contributed by atoms with Gasteiger partial charge in [-0.3, -0.25) is 4.79 Å². The van der Waals surface area contributed by atoms with E-state index in [-0.39, 0.29) is 5.91 Å². The second-order valence-corrected chi connectivity index (χ2v) is 7.74. The number of hydrogen-bond acceptors (Lipinski definition) is 4. The summed E-state index contributed by atoms with van der Waals surface area (Å²) < 4.78 is 0. The van der Waals surface area contributed by atoms with Crippen LogP contribution in [0.4, 0.5) is 5.82 Å². The monoisotopic (exact) mass is 380 g/mol. The van der Waals surface area contributed by atoms with E-state index in [1.165, 1.54) is 18.4 Å². The third kappa shape index (κ3) is 4.70. The molecule has 0 atom stereocenters. The molecule has 5 heteroatoms. The molecule has 0 bridgehead atoms. The first kappa shape index (κ1) is 20.3. The van der Waals surface area contributed by atoms with E-state index in [0.717, 1.165) is 67.5 Å². The first-order valence-electron chi connectivity index (χ1n) is 10.4. The third-order valence-corrected chi connectivity index (χ3v) is 5.58. The van der Waals surface area contributed by atoms with Crippen LogP contribution in [0.1, 0.15) is 59.2 Å². The molecule has 0 spiro atoms. The molecule has 1 aliphatic rings. The fraction of sp³-hybridized carbons (Fsp3) is 0.522. The van der Waals surface area contributed by atoms with Crippen LogP contribution in [0.3, 0.4) is 0 Å². The molecular formula is C23H32N4O. The number of carbonyl (C=O) groups excluding carboxylic acids is 1. The minimum Gasteiger partial charge on any atom is -0.354 e. The van der Waals surface area contributed by atoms with Crippen LogP contribution in [0, 0.1) is 20.8 Å². The number of aromatic nitrogens is 2.